The molecule has 2 rings (SSSR count). The number of hydrogen-bond acceptors (Lipinski definition) is 5. The second-order valence-electron chi connectivity index (χ2n) is 4.50. The summed E-state index contributed by atoms with van der Waals surface area (Å²) < 4.78 is 4.95. The van der Waals surface area contributed by atoms with E-state index >= 15 is 0 Å². The smallest absolute Gasteiger partial charge is 0.308 e. The van der Waals surface area contributed by atoms with Crippen molar-refractivity contribution in [2.24, 2.45) is 5.10 Å². The van der Waals surface area contributed by atoms with Crippen LogP contribution in [0.1, 0.15) is 29.8 Å². The standard InChI is InChI=1S/C16H15N3O3/c1-11(13-5-7-15(8-6-13)22-12(2)20)18-19-16(21)14-4-3-9-17-10-14/h3-10H,1-2H3,(H,19,21)/b18-11+. The number of rotatable bonds is 4. The topological polar surface area (TPSA) is 80.6 Å². The van der Waals surface area contributed by atoms with E-state index in [0.717, 1.165) is 5.56 Å². The highest BCUT2D eigenvalue weighted by Gasteiger charge is 2.05. The molecule has 0 bridgehead atoms. The minimum Gasteiger partial charge on any atom is -0.427 e. The molecule has 0 saturated heterocycles. The molecule has 112 valence electrons. The van der Waals surface area contributed by atoms with Crippen molar-refractivity contribution < 1.29 is 14.3 Å². The molecule has 0 fully saturated rings. The van der Waals surface area contributed by atoms with E-state index in [9.17, 15) is 9.59 Å². The third-order valence-electron chi connectivity index (χ3n) is 2.78. The summed E-state index contributed by atoms with van der Waals surface area (Å²) in [5, 5.41) is 4.04. The lowest BCUT2D eigenvalue weighted by Crippen LogP contribution is -2.19. The van der Waals surface area contributed by atoms with Gasteiger partial charge in [-0.2, -0.15) is 5.10 Å². The largest absolute Gasteiger partial charge is 0.427 e. The number of carbonyl (C=O) groups excluding carboxylic acids is 2. The quantitative estimate of drug-likeness (QED) is 0.406. The van der Waals surface area contributed by atoms with Gasteiger partial charge in [0.1, 0.15) is 5.75 Å². The second-order valence-corrected chi connectivity index (χ2v) is 4.50. The van der Waals surface area contributed by atoms with Crippen LogP contribution in [0.2, 0.25) is 0 Å². The first-order chi connectivity index (χ1) is 10.6. The first-order valence-corrected chi connectivity index (χ1v) is 6.60. The molecule has 0 aliphatic carbocycles. The van der Waals surface area contributed by atoms with E-state index in [2.05, 4.69) is 15.5 Å². The van der Waals surface area contributed by atoms with E-state index in [-0.39, 0.29) is 11.9 Å². The molecule has 0 aliphatic rings. The number of hydrazone groups is 1. The molecule has 1 heterocycles. The summed E-state index contributed by atoms with van der Waals surface area (Å²) in [6.07, 6.45) is 3.06. The highest BCUT2D eigenvalue weighted by atomic mass is 16.5. The zero-order chi connectivity index (χ0) is 15.9. The Balaban J connectivity index is 2.03. The average molecular weight is 297 g/mol. The highest BCUT2D eigenvalue weighted by Crippen LogP contribution is 2.13. The normalized spacial score (nSPS) is 10.9. The van der Waals surface area contributed by atoms with Gasteiger partial charge in [0.05, 0.1) is 11.3 Å². The number of nitrogens with zero attached hydrogens (tertiary/aromatic N) is 2. The maximum atomic E-state index is 11.8. The third kappa shape index (κ3) is 4.24. The van der Waals surface area contributed by atoms with Crippen LogP contribution in [0.25, 0.3) is 0 Å². The SMILES string of the molecule is CC(=O)Oc1ccc(/C(C)=N/NC(=O)c2cccnc2)cc1. The Labute approximate surface area is 127 Å². The van der Waals surface area contributed by atoms with Crippen LogP contribution < -0.4 is 10.2 Å². The number of carbonyl (C=O) groups is 2. The van der Waals surface area contributed by atoms with E-state index in [1.54, 1.807) is 49.5 Å². The highest BCUT2D eigenvalue weighted by molar-refractivity contribution is 6.00. The van der Waals surface area contributed by atoms with E-state index in [1.807, 2.05) is 0 Å². The second kappa shape index (κ2) is 7.12. The molecule has 0 radical (unpaired) electrons. The van der Waals surface area contributed by atoms with Crippen molar-refractivity contribution in [1.82, 2.24) is 10.4 Å². The minimum atomic E-state index is -0.373. The van der Waals surface area contributed by atoms with Crippen LogP contribution in [0.5, 0.6) is 5.75 Å². The Bertz CT molecular complexity index is 694. The lowest BCUT2D eigenvalue weighted by Gasteiger charge is -2.04. The molecule has 1 aromatic carbocycles. The maximum absolute atomic E-state index is 11.8. The first kappa shape index (κ1) is 15.4. The Hall–Kier alpha value is -3.02. The summed E-state index contributed by atoms with van der Waals surface area (Å²) in [7, 11) is 0. The van der Waals surface area contributed by atoms with Gasteiger partial charge in [0, 0.05) is 19.3 Å². The number of aromatic nitrogens is 1. The number of pyridine rings is 1. The molecule has 0 spiro atoms. The van der Waals surface area contributed by atoms with Crippen molar-refractivity contribution in [1.29, 1.82) is 0 Å². The summed E-state index contributed by atoms with van der Waals surface area (Å²) >= 11 is 0. The fourth-order valence-corrected chi connectivity index (χ4v) is 1.69. The van der Waals surface area contributed by atoms with Gasteiger partial charge >= 0.3 is 5.97 Å². The zero-order valence-electron chi connectivity index (χ0n) is 12.2. The zero-order valence-corrected chi connectivity index (χ0v) is 12.2. The summed E-state index contributed by atoms with van der Waals surface area (Å²) in [5.74, 6) is -0.241. The summed E-state index contributed by atoms with van der Waals surface area (Å²) in [4.78, 5) is 26.6. The third-order valence-corrected chi connectivity index (χ3v) is 2.78. The van der Waals surface area contributed by atoms with E-state index in [4.69, 9.17) is 4.74 Å². The molecule has 0 unspecified atom stereocenters. The van der Waals surface area contributed by atoms with Gasteiger partial charge < -0.3 is 4.74 Å². The minimum absolute atomic E-state index is 0.330. The predicted octanol–water partition coefficient (Wildman–Crippen LogP) is 2.16. The number of esters is 1. The first-order valence-electron chi connectivity index (χ1n) is 6.60. The van der Waals surface area contributed by atoms with Gasteiger partial charge in [-0.1, -0.05) is 0 Å². The molecule has 6 heteroatoms. The van der Waals surface area contributed by atoms with Crippen molar-refractivity contribution >= 4 is 17.6 Å². The van der Waals surface area contributed by atoms with Crippen LogP contribution in [0.3, 0.4) is 0 Å². The molecular formula is C16H15N3O3. The van der Waals surface area contributed by atoms with Crippen molar-refractivity contribution in [2.45, 2.75) is 13.8 Å². The van der Waals surface area contributed by atoms with E-state index in [0.29, 0.717) is 17.0 Å². The van der Waals surface area contributed by atoms with E-state index in [1.165, 1.54) is 13.1 Å². The summed E-state index contributed by atoms with van der Waals surface area (Å²) in [6, 6.07) is 10.2. The summed E-state index contributed by atoms with van der Waals surface area (Å²) in [5.41, 5.74) is 4.34. The van der Waals surface area contributed by atoms with Crippen molar-refractivity contribution in [3.8, 4) is 5.75 Å². The van der Waals surface area contributed by atoms with Crippen LogP contribution in [-0.2, 0) is 4.79 Å². The molecule has 6 nitrogen and oxygen atoms in total. The molecule has 0 aliphatic heterocycles. The van der Waals surface area contributed by atoms with Gasteiger partial charge in [-0.15, -0.1) is 0 Å². The number of amides is 1. The van der Waals surface area contributed by atoms with Crippen LogP contribution in [-0.4, -0.2) is 22.6 Å². The molecule has 1 N–H and O–H groups in total. The maximum Gasteiger partial charge on any atom is 0.308 e. The molecule has 22 heavy (non-hydrogen) atoms. The van der Waals surface area contributed by atoms with Gasteiger partial charge in [-0.05, 0) is 48.9 Å². The Morgan fingerprint density at radius 1 is 1.09 bits per heavy atom. The number of benzene rings is 1. The van der Waals surface area contributed by atoms with Gasteiger partial charge in [-0.25, -0.2) is 5.43 Å². The molecule has 0 atom stereocenters. The Kier molecular flexibility index (Phi) is 4.98. The molecular weight excluding hydrogens is 282 g/mol. The van der Waals surface area contributed by atoms with Crippen molar-refractivity contribution in [2.75, 3.05) is 0 Å². The van der Waals surface area contributed by atoms with Crippen LogP contribution in [0.15, 0.2) is 53.9 Å². The molecule has 1 aromatic heterocycles. The lowest BCUT2D eigenvalue weighted by molar-refractivity contribution is -0.131. The van der Waals surface area contributed by atoms with Gasteiger partial charge in [-0.3, -0.25) is 14.6 Å². The monoisotopic (exact) mass is 297 g/mol. The van der Waals surface area contributed by atoms with Crippen LogP contribution in [0, 0.1) is 0 Å². The van der Waals surface area contributed by atoms with Crippen LogP contribution >= 0.6 is 0 Å². The Morgan fingerprint density at radius 2 is 1.82 bits per heavy atom. The number of ether oxygens (including phenoxy) is 1. The average Bonchev–Trinajstić information content (AvgIpc) is 2.53. The van der Waals surface area contributed by atoms with Crippen molar-refractivity contribution in [3.05, 3.63) is 59.9 Å². The predicted molar refractivity (Wildman–Crippen MR) is 81.7 cm³/mol. The number of hydrogen-bond donors (Lipinski definition) is 1. The fourth-order valence-electron chi connectivity index (χ4n) is 1.69. The lowest BCUT2D eigenvalue weighted by atomic mass is 10.1. The molecule has 1 amide bonds. The van der Waals surface area contributed by atoms with Gasteiger partial charge in [0.25, 0.3) is 5.91 Å². The van der Waals surface area contributed by atoms with Gasteiger partial charge in [0.15, 0.2) is 0 Å². The number of nitrogens with one attached hydrogen (secondary N) is 1. The molecule has 2 aromatic rings. The summed E-state index contributed by atoms with van der Waals surface area (Å²) in [6.45, 7) is 3.11. The fraction of sp³-hybridized carbons (Fsp3) is 0.125. The van der Waals surface area contributed by atoms with E-state index < -0.39 is 0 Å². The van der Waals surface area contributed by atoms with Crippen LogP contribution in [0.4, 0.5) is 0 Å². The van der Waals surface area contributed by atoms with Gasteiger partial charge in [0.2, 0.25) is 0 Å². The Morgan fingerprint density at radius 3 is 2.41 bits per heavy atom. The molecule has 0 saturated carbocycles. The van der Waals surface area contributed by atoms with Crippen molar-refractivity contribution in [3.63, 3.8) is 0 Å².